The van der Waals surface area contributed by atoms with E-state index in [2.05, 4.69) is 59.4 Å². The van der Waals surface area contributed by atoms with E-state index in [1.165, 1.54) is 11.1 Å². The number of hydrogen-bond acceptors (Lipinski definition) is 4. The standard InChI is InChI=1S/C18H14N2S4/c1-11-7-9-13(10-8-11)19-15-16(23-17(19)21)24-18(22)20(15)14-6-4-3-5-12(14)2/h3-10H,1-2H3. The zero-order valence-corrected chi connectivity index (χ0v) is 16.4. The Balaban J connectivity index is 2.11. The van der Waals surface area contributed by atoms with Crippen LogP contribution in [0.3, 0.4) is 0 Å². The molecule has 2 aromatic heterocycles. The summed E-state index contributed by atoms with van der Waals surface area (Å²) in [5.74, 6) is 0. The normalized spacial score (nSPS) is 11.2. The lowest BCUT2D eigenvalue weighted by Gasteiger charge is -2.11. The number of benzene rings is 2. The highest BCUT2D eigenvalue weighted by molar-refractivity contribution is 7.75. The summed E-state index contributed by atoms with van der Waals surface area (Å²) < 4.78 is 7.14. The molecule has 0 aliphatic heterocycles. The lowest BCUT2D eigenvalue weighted by Crippen LogP contribution is -2.02. The van der Waals surface area contributed by atoms with E-state index in [0.29, 0.717) is 0 Å². The predicted octanol–water partition coefficient (Wildman–Crippen LogP) is 6.62. The first-order valence-corrected chi connectivity index (χ1v) is 9.91. The zero-order chi connectivity index (χ0) is 16.8. The van der Waals surface area contributed by atoms with Gasteiger partial charge in [0.2, 0.25) is 0 Å². The maximum atomic E-state index is 5.66. The van der Waals surface area contributed by atoms with Crippen molar-refractivity contribution < 1.29 is 0 Å². The van der Waals surface area contributed by atoms with Gasteiger partial charge < -0.3 is 0 Å². The van der Waals surface area contributed by atoms with E-state index >= 15 is 0 Å². The first-order chi connectivity index (χ1) is 11.6. The summed E-state index contributed by atoms with van der Waals surface area (Å²) in [4.78, 5) is 0. The molecule has 0 unspecified atom stereocenters. The van der Waals surface area contributed by atoms with Gasteiger partial charge in [-0.2, -0.15) is 0 Å². The van der Waals surface area contributed by atoms with Gasteiger partial charge >= 0.3 is 0 Å². The fraction of sp³-hybridized carbons (Fsp3) is 0.111. The number of aryl methyl sites for hydroxylation is 2. The molecule has 0 amide bonds. The molecule has 0 bridgehead atoms. The zero-order valence-electron chi connectivity index (χ0n) is 13.1. The van der Waals surface area contributed by atoms with Crippen molar-refractivity contribution in [3.8, 4) is 11.4 Å². The predicted molar refractivity (Wildman–Crippen MR) is 109 cm³/mol. The number of para-hydroxylation sites is 1. The largest absolute Gasteiger partial charge is 0.276 e. The molecule has 0 N–H and O–H groups in total. The van der Waals surface area contributed by atoms with Crippen LogP contribution in [0.4, 0.5) is 0 Å². The Labute approximate surface area is 158 Å². The van der Waals surface area contributed by atoms with Gasteiger partial charge in [-0.05, 0) is 62.0 Å². The summed E-state index contributed by atoms with van der Waals surface area (Å²) in [6, 6.07) is 16.8. The van der Waals surface area contributed by atoms with Crippen molar-refractivity contribution in [1.29, 1.82) is 0 Å². The van der Waals surface area contributed by atoms with E-state index in [1.807, 2.05) is 12.1 Å². The molecule has 0 spiro atoms. The number of aromatic nitrogens is 2. The maximum Gasteiger partial charge on any atom is 0.168 e. The lowest BCUT2D eigenvalue weighted by atomic mass is 10.2. The van der Waals surface area contributed by atoms with Crippen LogP contribution in [-0.2, 0) is 0 Å². The Morgan fingerprint density at radius 2 is 1.42 bits per heavy atom. The molecule has 4 aromatic rings. The van der Waals surface area contributed by atoms with Gasteiger partial charge in [0.15, 0.2) is 13.6 Å². The Bertz CT molecular complexity index is 1160. The van der Waals surface area contributed by atoms with Crippen LogP contribution in [-0.4, -0.2) is 9.13 Å². The SMILES string of the molecule is Cc1ccc(-n2c(=S)sc3sc(=S)n(-c4ccccc4C)c32)cc1. The van der Waals surface area contributed by atoms with E-state index in [4.69, 9.17) is 24.4 Å². The molecule has 6 heteroatoms. The molecule has 0 saturated heterocycles. The van der Waals surface area contributed by atoms with Crippen LogP contribution in [0.5, 0.6) is 0 Å². The molecule has 0 aliphatic rings. The van der Waals surface area contributed by atoms with Gasteiger partial charge in [0.05, 0.1) is 5.69 Å². The molecular weight excluding hydrogens is 372 g/mol. The average Bonchev–Trinajstić information content (AvgIpc) is 3.02. The highest BCUT2D eigenvalue weighted by Crippen LogP contribution is 2.35. The summed E-state index contributed by atoms with van der Waals surface area (Å²) in [6.45, 7) is 4.20. The minimum Gasteiger partial charge on any atom is -0.276 e. The molecule has 0 fully saturated rings. The first-order valence-electron chi connectivity index (χ1n) is 7.47. The molecule has 24 heavy (non-hydrogen) atoms. The Kier molecular flexibility index (Phi) is 4.00. The molecule has 2 nitrogen and oxygen atoms in total. The minimum absolute atomic E-state index is 0.845. The van der Waals surface area contributed by atoms with E-state index in [1.54, 1.807) is 22.7 Å². The van der Waals surface area contributed by atoms with Gasteiger partial charge in [-0.3, -0.25) is 9.13 Å². The molecule has 2 heterocycles. The van der Waals surface area contributed by atoms with Crippen LogP contribution in [0.1, 0.15) is 11.1 Å². The number of rotatable bonds is 2. The molecule has 0 atom stereocenters. The van der Waals surface area contributed by atoms with Gasteiger partial charge in [-0.1, -0.05) is 58.6 Å². The number of hydrogen-bond donors (Lipinski definition) is 0. The third-order valence-electron chi connectivity index (χ3n) is 3.98. The van der Waals surface area contributed by atoms with Gasteiger partial charge in [-0.15, -0.1) is 0 Å². The first kappa shape index (κ1) is 15.9. The summed E-state index contributed by atoms with van der Waals surface area (Å²) in [6.07, 6.45) is 0. The quantitative estimate of drug-likeness (QED) is 0.358. The Morgan fingerprint density at radius 1 is 0.792 bits per heavy atom. The van der Waals surface area contributed by atoms with Crippen molar-refractivity contribution >= 4 is 56.8 Å². The third-order valence-corrected chi connectivity index (χ3v) is 6.80. The number of fused-ring (bicyclic) bond motifs is 1. The number of thiazole rings is 2. The van der Waals surface area contributed by atoms with Gasteiger partial charge in [0.25, 0.3) is 0 Å². The Hall–Kier alpha value is -1.60. The summed E-state index contributed by atoms with van der Waals surface area (Å²) >= 11 is 14.6. The van der Waals surface area contributed by atoms with E-state index in [9.17, 15) is 0 Å². The fourth-order valence-corrected chi connectivity index (χ4v) is 6.02. The monoisotopic (exact) mass is 386 g/mol. The van der Waals surface area contributed by atoms with Crippen molar-refractivity contribution in [1.82, 2.24) is 9.13 Å². The molecular formula is C18H14N2S4. The van der Waals surface area contributed by atoms with Crippen LogP contribution in [0.25, 0.3) is 21.0 Å². The lowest BCUT2D eigenvalue weighted by molar-refractivity contribution is 1.00. The van der Waals surface area contributed by atoms with E-state index in [-0.39, 0.29) is 0 Å². The van der Waals surface area contributed by atoms with Crippen LogP contribution in [0.2, 0.25) is 0 Å². The van der Waals surface area contributed by atoms with E-state index in [0.717, 1.165) is 28.9 Å². The van der Waals surface area contributed by atoms with Crippen LogP contribution >= 0.6 is 47.1 Å². The average molecular weight is 387 g/mol. The molecule has 0 radical (unpaired) electrons. The second-order valence-corrected chi connectivity index (χ2v) is 9.19. The summed E-state index contributed by atoms with van der Waals surface area (Å²) in [7, 11) is 0. The summed E-state index contributed by atoms with van der Waals surface area (Å²) in [5, 5.41) is 0. The highest BCUT2D eigenvalue weighted by atomic mass is 32.2. The fourth-order valence-electron chi connectivity index (χ4n) is 2.77. The highest BCUT2D eigenvalue weighted by Gasteiger charge is 2.16. The van der Waals surface area contributed by atoms with Gasteiger partial charge in [0, 0.05) is 5.69 Å². The molecule has 2 aromatic carbocycles. The van der Waals surface area contributed by atoms with Crippen molar-refractivity contribution in [2.24, 2.45) is 0 Å². The van der Waals surface area contributed by atoms with Gasteiger partial charge in [-0.25, -0.2) is 0 Å². The molecule has 4 rings (SSSR count). The minimum atomic E-state index is 0.845. The summed E-state index contributed by atoms with van der Waals surface area (Å²) in [5.41, 5.74) is 5.69. The molecule has 120 valence electrons. The number of nitrogens with zero attached hydrogens (tertiary/aromatic N) is 2. The van der Waals surface area contributed by atoms with Crippen molar-refractivity contribution in [3.05, 3.63) is 67.6 Å². The molecule has 0 saturated carbocycles. The van der Waals surface area contributed by atoms with Crippen molar-refractivity contribution in [3.63, 3.8) is 0 Å². The maximum absolute atomic E-state index is 5.66. The van der Waals surface area contributed by atoms with E-state index < -0.39 is 0 Å². The van der Waals surface area contributed by atoms with Crippen molar-refractivity contribution in [2.45, 2.75) is 13.8 Å². The molecule has 0 aliphatic carbocycles. The third kappa shape index (κ3) is 2.50. The van der Waals surface area contributed by atoms with Crippen LogP contribution < -0.4 is 0 Å². The van der Waals surface area contributed by atoms with Gasteiger partial charge in [0.1, 0.15) is 4.01 Å². The smallest absolute Gasteiger partial charge is 0.168 e. The van der Waals surface area contributed by atoms with Crippen molar-refractivity contribution in [2.75, 3.05) is 0 Å². The second-order valence-electron chi connectivity index (χ2n) is 5.64. The van der Waals surface area contributed by atoms with Crippen LogP contribution in [0, 0.1) is 21.8 Å². The topological polar surface area (TPSA) is 9.86 Å². The Morgan fingerprint density at radius 3 is 2.08 bits per heavy atom. The van der Waals surface area contributed by atoms with Crippen LogP contribution in [0.15, 0.2) is 48.5 Å². The second kappa shape index (κ2) is 6.04.